The Bertz CT molecular complexity index is 947. The van der Waals surface area contributed by atoms with Crippen LogP contribution in [0.4, 0.5) is 11.4 Å². The molecule has 3 rings (SSSR count). The van der Waals surface area contributed by atoms with Gasteiger partial charge in [0, 0.05) is 30.6 Å². The number of hydrogen-bond acceptors (Lipinski definition) is 7. The molecule has 2 aromatic rings. The second kappa shape index (κ2) is 7.88. The minimum atomic E-state index is -0.621. The number of nitro groups is 1. The van der Waals surface area contributed by atoms with E-state index in [0.29, 0.717) is 23.7 Å². The standard InChI is InChI=1S/C18H14N4O5/c19-8-13(18(23)21-14-2-4-15(5-3-14)22(24)25)10-20-9-12-1-6-16-17(7-12)27-11-26-16/h1-7,10,20H,9,11H2,(H,21,23)/b13-10-. The summed E-state index contributed by atoms with van der Waals surface area (Å²) < 4.78 is 10.5. The Labute approximate surface area is 154 Å². The molecule has 136 valence electrons. The summed E-state index contributed by atoms with van der Waals surface area (Å²) in [4.78, 5) is 22.2. The molecule has 2 N–H and O–H groups in total. The van der Waals surface area contributed by atoms with Crippen molar-refractivity contribution in [2.24, 2.45) is 0 Å². The number of carbonyl (C=O) groups excluding carboxylic acids is 1. The maximum atomic E-state index is 12.1. The maximum Gasteiger partial charge on any atom is 0.269 e. The average Bonchev–Trinajstić information content (AvgIpc) is 3.13. The molecule has 0 aromatic heterocycles. The fraction of sp³-hybridized carbons (Fsp3) is 0.111. The van der Waals surface area contributed by atoms with Crippen molar-refractivity contribution >= 4 is 17.3 Å². The molecule has 0 radical (unpaired) electrons. The molecule has 0 fully saturated rings. The van der Waals surface area contributed by atoms with Gasteiger partial charge in [-0.1, -0.05) is 6.07 Å². The fourth-order valence-corrected chi connectivity index (χ4v) is 2.34. The van der Waals surface area contributed by atoms with Crippen LogP contribution in [0.25, 0.3) is 0 Å². The molecule has 0 spiro atoms. The number of fused-ring (bicyclic) bond motifs is 1. The molecule has 27 heavy (non-hydrogen) atoms. The molecule has 0 atom stereocenters. The van der Waals surface area contributed by atoms with Gasteiger partial charge >= 0.3 is 0 Å². The Hall–Kier alpha value is -4.06. The van der Waals surface area contributed by atoms with Gasteiger partial charge in [0.05, 0.1) is 4.92 Å². The number of nitriles is 1. The van der Waals surface area contributed by atoms with Gasteiger partial charge in [-0.05, 0) is 29.8 Å². The van der Waals surface area contributed by atoms with Crippen LogP contribution in [0.2, 0.25) is 0 Å². The van der Waals surface area contributed by atoms with E-state index in [0.717, 1.165) is 5.56 Å². The summed E-state index contributed by atoms with van der Waals surface area (Å²) in [7, 11) is 0. The molecule has 1 amide bonds. The Morgan fingerprint density at radius 3 is 2.67 bits per heavy atom. The van der Waals surface area contributed by atoms with Crippen molar-refractivity contribution in [3.63, 3.8) is 0 Å². The summed E-state index contributed by atoms with van der Waals surface area (Å²) >= 11 is 0. The molecule has 0 unspecified atom stereocenters. The van der Waals surface area contributed by atoms with E-state index in [1.165, 1.54) is 30.5 Å². The monoisotopic (exact) mass is 366 g/mol. The van der Waals surface area contributed by atoms with Crippen molar-refractivity contribution in [3.05, 3.63) is 69.9 Å². The number of nitrogens with zero attached hydrogens (tertiary/aromatic N) is 2. The normalized spacial score (nSPS) is 12.2. The Morgan fingerprint density at radius 1 is 1.22 bits per heavy atom. The van der Waals surface area contributed by atoms with E-state index in [1.807, 2.05) is 18.2 Å². The molecular formula is C18H14N4O5. The summed E-state index contributed by atoms with van der Waals surface area (Å²) in [6.45, 7) is 0.570. The van der Waals surface area contributed by atoms with Crippen molar-refractivity contribution in [3.8, 4) is 17.6 Å². The SMILES string of the molecule is N#C/C(=C/NCc1ccc2c(c1)OCO2)C(=O)Nc1ccc([N+](=O)[O-])cc1. The lowest BCUT2D eigenvalue weighted by atomic mass is 10.2. The van der Waals surface area contributed by atoms with Crippen LogP contribution in [-0.4, -0.2) is 17.6 Å². The summed E-state index contributed by atoms with van der Waals surface area (Å²) in [5.74, 6) is 0.703. The van der Waals surface area contributed by atoms with Gasteiger partial charge in [-0.2, -0.15) is 5.26 Å². The van der Waals surface area contributed by atoms with Gasteiger partial charge in [0.2, 0.25) is 6.79 Å². The van der Waals surface area contributed by atoms with E-state index in [9.17, 15) is 20.2 Å². The highest BCUT2D eigenvalue weighted by Gasteiger charge is 2.13. The summed E-state index contributed by atoms with van der Waals surface area (Å²) in [6.07, 6.45) is 1.31. The number of hydrogen-bond donors (Lipinski definition) is 2. The zero-order chi connectivity index (χ0) is 19.2. The average molecular weight is 366 g/mol. The Morgan fingerprint density at radius 2 is 1.96 bits per heavy atom. The molecule has 2 aromatic carbocycles. The van der Waals surface area contributed by atoms with Gasteiger partial charge in [0.1, 0.15) is 11.6 Å². The molecule has 9 nitrogen and oxygen atoms in total. The van der Waals surface area contributed by atoms with Gasteiger partial charge in [0.15, 0.2) is 11.5 Å². The molecule has 1 aliphatic rings. The number of carbonyl (C=O) groups is 1. The predicted octanol–water partition coefficient (Wildman–Crippen LogP) is 2.46. The zero-order valence-electron chi connectivity index (χ0n) is 14.0. The number of nitro benzene ring substituents is 1. The minimum absolute atomic E-state index is 0.0885. The molecule has 1 aliphatic heterocycles. The largest absolute Gasteiger partial charge is 0.454 e. The summed E-state index contributed by atoms with van der Waals surface area (Å²) in [5.41, 5.74) is 1.02. The molecule has 9 heteroatoms. The van der Waals surface area contributed by atoms with Crippen molar-refractivity contribution in [1.29, 1.82) is 5.26 Å². The minimum Gasteiger partial charge on any atom is -0.454 e. The van der Waals surface area contributed by atoms with Crippen molar-refractivity contribution in [1.82, 2.24) is 5.32 Å². The first kappa shape index (κ1) is 17.8. The third-order valence-corrected chi connectivity index (χ3v) is 3.69. The predicted molar refractivity (Wildman–Crippen MR) is 94.8 cm³/mol. The first-order valence-corrected chi connectivity index (χ1v) is 7.85. The lowest BCUT2D eigenvalue weighted by Crippen LogP contribution is -2.16. The topological polar surface area (TPSA) is 127 Å². The number of amides is 1. The van der Waals surface area contributed by atoms with E-state index in [2.05, 4.69) is 10.6 Å². The molecule has 0 aliphatic carbocycles. The fourth-order valence-electron chi connectivity index (χ4n) is 2.34. The highest BCUT2D eigenvalue weighted by atomic mass is 16.7. The van der Waals surface area contributed by atoms with Gasteiger partial charge < -0.3 is 20.1 Å². The second-order valence-electron chi connectivity index (χ2n) is 5.50. The van der Waals surface area contributed by atoms with Crippen LogP contribution >= 0.6 is 0 Å². The van der Waals surface area contributed by atoms with Crippen LogP contribution in [0.15, 0.2) is 54.2 Å². The quantitative estimate of drug-likeness (QED) is 0.348. The van der Waals surface area contributed by atoms with Gasteiger partial charge in [0.25, 0.3) is 11.6 Å². The lowest BCUT2D eigenvalue weighted by molar-refractivity contribution is -0.384. The first-order valence-electron chi connectivity index (χ1n) is 7.85. The summed E-state index contributed by atoms with van der Waals surface area (Å²) in [6, 6.07) is 12.6. The number of nitrogens with one attached hydrogen (secondary N) is 2. The van der Waals surface area contributed by atoms with Crippen LogP contribution in [0.1, 0.15) is 5.56 Å². The van der Waals surface area contributed by atoms with Crippen LogP contribution in [0, 0.1) is 21.4 Å². The van der Waals surface area contributed by atoms with Gasteiger partial charge in [-0.25, -0.2) is 0 Å². The third kappa shape index (κ3) is 4.32. The van der Waals surface area contributed by atoms with E-state index in [4.69, 9.17) is 9.47 Å². The first-order chi connectivity index (χ1) is 13.1. The highest BCUT2D eigenvalue weighted by molar-refractivity contribution is 6.06. The smallest absolute Gasteiger partial charge is 0.269 e. The van der Waals surface area contributed by atoms with Gasteiger partial charge in [-0.15, -0.1) is 0 Å². The third-order valence-electron chi connectivity index (χ3n) is 3.69. The molecule has 0 saturated heterocycles. The zero-order valence-corrected chi connectivity index (χ0v) is 14.0. The molecule has 0 saturated carbocycles. The van der Waals surface area contributed by atoms with Crippen molar-refractivity contribution < 1.29 is 19.2 Å². The highest BCUT2D eigenvalue weighted by Crippen LogP contribution is 2.32. The van der Waals surface area contributed by atoms with E-state index >= 15 is 0 Å². The van der Waals surface area contributed by atoms with Crippen molar-refractivity contribution in [2.75, 3.05) is 12.1 Å². The summed E-state index contributed by atoms with van der Waals surface area (Å²) in [5, 5.41) is 25.2. The molecule has 1 heterocycles. The Balaban J connectivity index is 1.59. The van der Waals surface area contributed by atoms with E-state index in [1.54, 1.807) is 6.07 Å². The number of benzene rings is 2. The van der Waals surface area contributed by atoms with Crippen LogP contribution in [0.3, 0.4) is 0 Å². The Kier molecular flexibility index (Phi) is 5.18. The van der Waals surface area contributed by atoms with E-state index < -0.39 is 10.8 Å². The van der Waals surface area contributed by atoms with Crippen molar-refractivity contribution in [2.45, 2.75) is 6.54 Å². The lowest BCUT2D eigenvalue weighted by Gasteiger charge is -2.06. The van der Waals surface area contributed by atoms with Crippen LogP contribution in [-0.2, 0) is 11.3 Å². The molecular weight excluding hydrogens is 352 g/mol. The molecule has 0 bridgehead atoms. The maximum absolute atomic E-state index is 12.1. The van der Waals surface area contributed by atoms with Crippen LogP contribution in [0.5, 0.6) is 11.5 Å². The number of rotatable bonds is 6. The van der Waals surface area contributed by atoms with Crippen LogP contribution < -0.4 is 20.1 Å². The van der Waals surface area contributed by atoms with E-state index in [-0.39, 0.29) is 18.1 Å². The number of anilines is 1. The second-order valence-corrected chi connectivity index (χ2v) is 5.50. The number of non-ortho nitro benzene ring substituents is 1. The van der Waals surface area contributed by atoms with Gasteiger partial charge in [-0.3, -0.25) is 14.9 Å². The number of ether oxygens (including phenoxy) is 2.